The van der Waals surface area contributed by atoms with Gasteiger partial charge in [0.05, 0.1) is 17.8 Å². The van der Waals surface area contributed by atoms with Gasteiger partial charge in [-0.05, 0) is 19.2 Å². The van der Waals surface area contributed by atoms with E-state index in [0.717, 1.165) is 21.6 Å². The van der Waals surface area contributed by atoms with E-state index in [2.05, 4.69) is 16.0 Å². The Morgan fingerprint density at radius 3 is 2.68 bits per heavy atom. The Kier molecular flexibility index (Phi) is 5.29. The van der Waals surface area contributed by atoms with Crippen LogP contribution in [0.25, 0.3) is 10.9 Å². The highest BCUT2D eigenvalue weighted by Gasteiger charge is 2.26. The number of carbonyl (C=O) groups excluding carboxylic acids is 1. The molecule has 1 amide bonds. The van der Waals surface area contributed by atoms with Crippen LogP contribution in [0.1, 0.15) is 12.5 Å². The summed E-state index contributed by atoms with van der Waals surface area (Å²) in [5.74, 6) is 0. The number of anilines is 1. The molecule has 0 unspecified atom stereocenters. The number of carbonyl (C=O) groups is 1. The minimum atomic E-state index is -0.271. The van der Waals surface area contributed by atoms with Crippen LogP contribution in [0.15, 0.2) is 29.3 Å². The number of hydrogen-bond acceptors (Lipinski definition) is 6. The molecule has 2 heterocycles. The minimum Gasteiger partial charge on any atom is -0.450 e. The van der Waals surface area contributed by atoms with Gasteiger partial charge < -0.3 is 14.5 Å². The topological polar surface area (TPSA) is 69.5 Å². The zero-order chi connectivity index (χ0) is 17.8. The maximum absolute atomic E-state index is 11.9. The van der Waals surface area contributed by atoms with Crippen molar-refractivity contribution in [3.63, 3.8) is 0 Å². The summed E-state index contributed by atoms with van der Waals surface area (Å²) in [6.45, 7) is 4.67. The summed E-state index contributed by atoms with van der Waals surface area (Å²) in [6.07, 6.45) is 1.66. The normalized spacial score (nSPS) is 14.4. The van der Waals surface area contributed by atoms with E-state index in [1.807, 2.05) is 30.5 Å². The molecular weight excluding hydrogens is 336 g/mol. The fourth-order valence-corrected chi connectivity index (χ4v) is 3.61. The molecule has 1 aromatic carbocycles. The molecule has 0 N–H and O–H groups in total. The summed E-state index contributed by atoms with van der Waals surface area (Å²) >= 11 is 1.48. The molecule has 0 bridgehead atoms. The van der Waals surface area contributed by atoms with E-state index in [9.17, 15) is 10.1 Å². The van der Waals surface area contributed by atoms with E-state index in [1.165, 1.54) is 11.8 Å². The first-order valence-corrected chi connectivity index (χ1v) is 9.45. The molecule has 1 saturated heterocycles. The SMILES string of the molecule is CCOC(=O)N1CCN(c2c(C#N)c(SC)nc3ccccc23)CC1. The van der Waals surface area contributed by atoms with Gasteiger partial charge in [-0.3, -0.25) is 0 Å². The number of nitriles is 1. The van der Waals surface area contributed by atoms with Gasteiger partial charge in [-0.2, -0.15) is 5.26 Å². The number of hydrogen-bond donors (Lipinski definition) is 0. The molecule has 1 aliphatic rings. The Morgan fingerprint density at radius 1 is 1.32 bits per heavy atom. The van der Waals surface area contributed by atoms with Gasteiger partial charge in [-0.15, -0.1) is 11.8 Å². The predicted molar refractivity (Wildman–Crippen MR) is 99.0 cm³/mol. The first-order chi connectivity index (χ1) is 12.2. The Balaban J connectivity index is 1.96. The van der Waals surface area contributed by atoms with Crippen LogP contribution in [-0.4, -0.2) is 55.0 Å². The van der Waals surface area contributed by atoms with Crippen molar-refractivity contribution in [1.82, 2.24) is 9.88 Å². The smallest absolute Gasteiger partial charge is 0.409 e. The summed E-state index contributed by atoms with van der Waals surface area (Å²) in [4.78, 5) is 20.4. The first-order valence-electron chi connectivity index (χ1n) is 8.23. The highest BCUT2D eigenvalue weighted by molar-refractivity contribution is 7.98. The zero-order valence-electron chi connectivity index (χ0n) is 14.4. The molecule has 3 rings (SSSR count). The van der Waals surface area contributed by atoms with Crippen LogP contribution < -0.4 is 4.90 Å². The van der Waals surface area contributed by atoms with Gasteiger partial charge in [0, 0.05) is 31.6 Å². The van der Waals surface area contributed by atoms with Crippen LogP contribution in [0.4, 0.5) is 10.5 Å². The molecule has 1 aliphatic heterocycles. The van der Waals surface area contributed by atoms with Gasteiger partial charge in [0.2, 0.25) is 0 Å². The van der Waals surface area contributed by atoms with Crippen molar-refractivity contribution < 1.29 is 9.53 Å². The Hall–Kier alpha value is -2.46. The number of para-hydroxylation sites is 1. The number of fused-ring (bicyclic) bond motifs is 1. The number of thioether (sulfide) groups is 1. The van der Waals surface area contributed by atoms with Crippen molar-refractivity contribution >= 4 is 34.4 Å². The molecular formula is C18H20N4O2S. The highest BCUT2D eigenvalue weighted by Crippen LogP contribution is 2.35. The third kappa shape index (κ3) is 3.35. The average Bonchev–Trinajstić information content (AvgIpc) is 2.66. The standard InChI is InChI=1S/C18H20N4O2S/c1-3-24-18(23)22-10-8-21(9-11-22)16-13-6-4-5-7-15(13)20-17(25-2)14(16)12-19/h4-7H,3,8-11H2,1-2H3. The molecule has 0 saturated carbocycles. The molecule has 0 spiro atoms. The second-order valence-corrected chi connectivity index (χ2v) is 6.44. The summed E-state index contributed by atoms with van der Waals surface area (Å²) in [5.41, 5.74) is 2.41. The quantitative estimate of drug-likeness (QED) is 0.787. The molecule has 0 atom stereocenters. The van der Waals surface area contributed by atoms with E-state index < -0.39 is 0 Å². The zero-order valence-corrected chi connectivity index (χ0v) is 15.2. The van der Waals surface area contributed by atoms with E-state index >= 15 is 0 Å². The highest BCUT2D eigenvalue weighted by atomic mass is 32.2. The minimum absolute atomic E-state index is 0.271. The Bertz CT molecular complexity index is 826. The number of benzene rings is 1. The van der Waals surface area contributed by atoms with Gasteiger partial charge in [-0.1, -0.05) is 18.2 Å². The Morgan fingerprint density at radius 2 is 2.04 bits per heavy atom. The molecule has 0 aliphatic carbocycles. The van der Waals surface area contributed by atoms with Crippen LogP contribution in [0, 0.1) is 11.3 Å². The van der Waals surface area contributed by atoms with Crippen molar-refractivity contribution in [1.29, 1.82) is 5.26 Å². The molecule has 6 nitrogen and oxygen atoms in total. The van der Waals surface area contributed by atoms with Crippen molar-refractivity contribution in [3.8, 4) is 6.07 Å². The third-order valence-corrected chi connectivity index (χ3v) is 4.94. The van der Waals surface area contributed by atoms with Crippen LogP contribution in [0.2, 0.25) is 0 Å². The summed E-state index contributed by atoms with van der Waals surface area (Å²) < 4.78 is 5.08. The lowest BCUT2D eigenvalue weighted by atomic mass is 10.1. The first kappa shape index (κ1) is 17.4. The third-order valence-electron chi connectivity index (χ3n) is 4.26. The fraction of sp³-hybridized carbons (Fsp3) is 0.389. The van der Waals surface area contributed by atoms with Gasteiger partial charge in [0.15, 0.2) is 0 Å². The summed E-state index contributed by atoms with van der Waals surface area (Å²) in [6, 6.07) is 10.2. The van der Waals surface area contributed by atoms with Gasteiger partial charge in [0.25, 0.3) is 0 Å². The van der Waals surface area contributed by atoms with Gasteiger partial charge >= 0.3 is 6.09 Å². The number of ether oxygens (including phenoxy) is 1. The van der Waals surface area contributed by atoms with Crippen molar-refractivity contribution in [2.75, 3.05) is 43.9 Å². The van der Waals surface area contributed by atoms with E-state index in [-0.39, 0.29) is 6.09 Å². The monoisotopic (exact) mass is 356 g/mol. The van der Waals surface area contributed by atoms with Crippen molar-refractivity contribution in [2.45, 2.75) is 11.9 Å². The lowest BCUT2D eigenvalue weighted by Gasteiger charge is -2.36. The van der Waals surface area contributed by atoms with E-state index in [0.29, 0.717) is 38.3 Å². The largest absolute Gasteiger partial charge is 0.450 e. The molecule has 25 heavy (non-hydrogen) atoms. The Labute approximate surface area is 151 Å². The molecule has 1 fully saturated rings. The number of amides is 1. The van der Waals surface area contributed by atoms with Gasteiger partial charge in [-0.25, -0.2) is 9.78 Å². The number of nitrogens with zero attached hydrogens (tertiary/aromatic N) is 4. The van der Waals surface area contributed by atoms with Crippen LogP contribution in [-0.2, 0) is 4.74 Å². The van der Waals surface area contributed by atoms with Gasteiger partial charge in [0.1, 0.15) is 16.7 Å². The van der Waals surface area contributed by atoms with E-state index in [1.54, 1.807) is 11.8 Å². The van der Waals surface area contributed by atoms with Crippen LogP contribution in [0.5, 0.6) is 0 Å². The maximum atomic E-state index is 11.9. The lowest BCUT2D eigenvalue weighted by Crippen LogP contribution is -2.49. The fourth-order valence-electron chi connectivity index (χ4n) is 3.08. The molecule has 7 heteroatoms. The number of piperazine rings is 1. The number of pyridine rings is 1. The van der Waals surface area contributed by atoms with Crippen molar-refractivity contribution in [2.24, 2.45) is 0 Å². The van der Waals surface area contributed by atoms with Crippen LogP contribution >= 0.6 is 11.8 Å². The lowest BCUT2D eigenvalue weighted by molar-refractivity contribution is 0.105. The average molecular weight is 356 g/mol. The van der Waals surface area contributed by atoms with E-state index in [4.69, 9.17) is 4.74 Å². The second-order valence-electron chi connectivity index (χ2n) is 5.65. The second kappa shape index (κ2) is 7.62. The molecule has 2 aromatic rings. The molecule has 130 valence electrons. The molecule has 0 radical (unpaired) electrons. The van der Waals surface area contributed by atoms with Crippen molar-refractivity contribution in [3.05, 3.63) is 29.8 Å². The van der Waals surface area contributed by atoms with Crippen LogP contribution in [0.3, 0.4) is 0 Å². The maximum Gasteiger partial charge on any atom is 0.409 e. The number of aromatic nitrogens is 1. The summed E-state index contributed by atoms with van der Waals surface area (Å²) in [7, 11) is 0. The number of rotatable bonds is 3. The summed E-state index contributed by atoms with van der Waals surface area (Å²) in [5, 5.41) is 11.4. The molecule has 1 aromatic heterocycles. The predicted octanol–water partition coefficient (Wildman–Crippen LogP) is 3.11.